The predicted molar refractivity (Wildman–Crippen MR) is 114 cm³/mol. The summed E-state index contributed by atoms with van der Waals surface area (Å²) in [4.78, 5) is 18.7. The molecule has 1 N–H and O–H groups in total. The molecule has 0 fully saturated rings. The Morgan fingerprint density at radius 2 is 2.17 bits per heavy atom. The molecule has 154 valence electrons. The fourth-order valence-corrected chi connectivity index (χ4v) is 3.01. The molecule has 0 radical (unpaired) electrons. The number of aromatic amines is 1. The maximum absolute atomic E-state index is 11.6. The van der Waals surface area contributed by atoms with Gasteiger partial charge in [-0.05, 0) is 48.7 Å². The van der Waals surface area contributed by atoms with E-state index in [0.717, 1.165) is 29.4 Å². The van der Waals surface area contributed by atoms with Gasteiger partial charge in [0.15, 0.2) is 5.75 Å². The van der Waals surface area contributed by atoms with E-state index in [1.807, 2.05) is 32.0 Å². The highest BCUT2D eigenvalue weighted by molar-refractivity contribution is 5.91. The normalized spacial score (nSPS) is 11.3. The standard InChI is InChI=1S/C22H22N4O4/c1-4-5-8-30-21-19(26(27)28)11-15(12-20(21)29-3)10-16(13-23)22-24-17-7-6-14(2)9-18(17)25-22/h6-7,9-12H,4-5,8H2,1-3H3,(H,24,25)/b16-10-. The van der Waals surface area contributed by atoms with Crippen LogP contribution >= 0.6 is 0 Å². The van der Waals surface area contributed by atoms with Crippen LogP contribution in [0, 0.1) is 28.4 Å². The van der Waals surface area contributed by atoms with Crippen LogP contribution in [0.1, 0.15) is 36.7 Å². The van der Waals surface area contributed by atoms with E-state index < -0.39 is 4.92 Å². The second-order valence-corrected chi connectivity index (χ2v) is 6.81. The number of ether oxygens (including phenoxy) is 2. The number of nitro benzene ring substituents is 1. The highest BCUT2D eigenvalue weighted by Gasteiger charge is 2.22. The van der Waals surface area contributed by atoms with E-state index in [2.05, 4.69) is 16.0 Å². The van der Waals surface area contributed by atoms with Crippen LogP contribution in [0.4, 0.5) is 5.69 Å². The van der Waals surface area contributed by atoms with Crippen LogP contribution in [0.2, 0.25) is 0 Å². The lowest BCUT2D eigenvalue weighted by Crippen LogP contribution is -2.03. The first-order valence-electron chi connectivity index (χ1n) is 9.54. The number of rotatable bonds is 8. The molecule has 3 aromatic rings. The first kappa shape index (κ1) is 20.9. The predicted octanol–water partition coefficient (Wildman–Crippen LogP) is 5.03. The lowest BCUT2D eigenvalue weighted by atomic mass is 10.1. The molecule has 2 aromatic carbocycles. The molecular formula is C22H22N4O4. The Morgan fingerprint density at radius 1 is 1.37 bits per heavy atom. The number of nitrogens with one attached hydrogen (secondary N) is 1. The molecule has 8 nitrogen and oxygen atoms in total. The molecule has 0 unspecified atom stereocenters. The summed E-state index contributed by atoms with van der Waals surface area (Å²) in [7, 11) is 1.42. The van der Waals surface area contributed by atoms with Gasteiger partial charge < -0.3 is 14.5 Å². The van der Waals surface area contributed by atoms with Gasteiger partial charge in [-0.3, -0.25) is 10.1 Å². The molecule has 0 aliphatic rings. The van der Waals surface area contributed by atoms with Crippen LogP contribution in [0.15, 0.2) is 30.3 Å². The van der Waals surface area contributed by atoms with Crippen molar-refractivity contribution in [3.8, 4) is 17.6 Å². The largest absolute Gasteiger partial charge is 0.493 e. The Balaban J connectivity index is 2.05. The minimum atomic E-state index is -0.517. The SMILES string of the molecule is CCCCOc1c(OC)cc(/C=C(/C#N)c2nc3ccc(C)cc3[nH]2)cc1[N+](=O)[O-]. The summed E-state index contributed by atoms with van der Waals surface area (Å²) in [6, 6.07) is 10.8. The van der Waals surface area contributed by atoms with Crippen molar-refractivity contribution in [2.75, 3.05) is 13.7 Å². The summed E-state index contributed by atoms with van der Waals surface area (Å²) in [5, 5.41) is 21.3. The van der Waals surface area contributed by atoms with Crippen LogP contribution in [0.5, 0.6) is 11.5 Å². The average Bonchev–Trinajstić information content (AvgIpc) is 3.15. The number of hydrogen-bond acceptors (Lipinski definition) is 6. The van der Waals surface area contributed by atoms with E-state index in [1.165, 1.54) is 19.3 Å². The van der Waals surface area contributed by atoms with Crippen molar-refractivity contribution in [2.24, 2.45) is 0 Å². The highest BCUT2D eigenvalue weighted by Crippen LogP contribution is 2.39. The molecule has 0 bridgehead atoms. The molecule has 0 spiro atoms. The van der Waals surface area contributed by atoms with Crippen molar-refractivity contribution in [3.63, 3.8) is 0 Å². The van der Waals surface area contributed by atoms with Gasteiger partial charge in [0, 0.05) is 6.07 Å². The fraction of sp³-hybridized carbons (Fsp3) is 0.273. The third-order valence-corrected chi connectivity index (χ3v) is 4.54. The fourth-order valence-electron chi connectivity index (χ4n) is 3.01. The van der Waals surface area contributed by atoms with Crippen molar-refractivity contribution < 1.29 is 14.4 Å². The summed E-state index contributed by atoms with van der Waals surface area (Å²) in [5.41, 5.74) is 3.09. The minimum Gasteiger partial charge on any atom is -0.493 e. The number of allylic oxidation sites excluding steroid dienone is 1. The maximum atomic E-state index is 11.6. The molecule has 3 rings (SSSR count). The molecule has 0 amide bonds. The number of hydrogen-bond donors (Lipinski definition) is 1. The zero-order valence-electron chi connectivity index (χ0n) is 17.1. The zero-order chi connectivity index (χ0) is 21.7. The van der Waals surface area contributed by atoms with Crippen LogP contribution in [0.25, 0.3) is 22.7 Å². The first-order chi connectivity index (χ1) is 14.5. The lowest BCUT2D eigenvalue weighted by Gasteiger charge is -2.11. The van der Waals surface area contributed by atoms with Crippen molar-refractivity contribution in [3.05, 3.63) is 57.4 Å². The second-order valence-electron chi connectivity index (χ2n) is 6.81. The van der Waals surface area contributed by atoms with Crippen LogP contribution < -0.4 is 9.47 Å². The Kier molecular flexibility index (Phi) is 6.32. The first-order valence-corrected chi connectivity index (χ1v) is 9.54. The van der Waals surface area contributed by atoms with Crippen molar-refractivity contribution >= 4 is 28.4 Å². The molecule has 30 heavy (non-hydrogen) atoms. The van der Waals surface area contributed by atoms with Gasteiger partial charge in [-0.15, -0.1) is 0 Å². The van der Waals surface area contributed by atoms with E-state index in [9.17, 15) is 15.4 Å². The lowest BCUT2D eigenvalue weighted by molar-refractivity contribution is -0.386. The van der Waals surface area contributed by atoms with Gasteiger partial charge in [0.25, 0.3) is 0 Å². The van der Waals surface area contributed by atoms with E-state index in [0.29, 0.717) is 18.0 Å². The number of aryl methyl sites for hydroxylation is 1. The topological polar surface area (TPSA) is 114 Å². The molecule has 8 heteroatoms. The molecule has 1 aromatic heterocycles. The molecule has 0 aliphatic carbocycles. The quantitative estimate of drug-likeness (QED) is 0.243. The number of nitro groups is 1. The Bertz CT molecular complexity index is 1160. The van der Waals surface area contributed by atoms with Crippen molar-refractivity contribution in [1.82, 2.24) is 9.97 Å². The molecule has 0 aliphatic heterocycles. The van der Waals surface area contributed by atoms with Crippen LogP contribution in [-0.4, -0.2) is 28.6 Å². The van der Waals surface area contributed by atoms with Gasteiger partial charge in [0.1, 0.15) is 11.9 Å². The summed E-state index contributed by atoms with van der Waals surface area (Å²) in [6.45, 7) is 4.33. The minimum absolute atomic E-state index is 0.0887. The second kappa shape index (κ2) is 9.09. The van der Waals surface area contributed by atoms with Gasteiger partial charge in [-0.1, -0.05) is 19.4 Å². The third-order valence-electron chi connectivity index (χ3n) is 4.54. The van der Waals surface area contributed by atoms with E-state index in [1.54, 1.807) is 6.07 Å². The van der Waals surface area contributed by atoms with Crippen molar-refractivity contribution in [1.29, 1.82) is 5.26 Å². The van der Waals surface area contributed by atoms with Gasteiger partial charge in [-0.2, -0.15) is 5.26 Å². The van der Waals surface area contributed by atoms with Crippen LogP contribution in [0.3, 0.4) is 0 Å². The number of H-pyrrole nitrogens is 1. The molecule has 0 atom stereocenters. The Hall–Kier alpha value is -3.86. The maximum Gasteiger partial charge on any atom is 0.315 e. The average molecular weight is 406 g/mol. The molecule has 0 saturated heterocycles. The monoisotopic (exact) mass is 406 g/mol. The number of imidazole rings is 1. The van der Waals surface area contributed by atoms with E-state index in [4.69, 9.17) is 9.47 Å². The van der Waals surface area contributed by atoms with Gasteiger partial charge in [0.05, 0.1) is 35.2 Å². The molecule has 1 heterocycles. The van der Waals surface area contributed by atoms with Crippen LogP contribution in [-0.2, 0) is 0 Å². The number of nitrogens with zero attached hydrogens (tertiary/aromatic N) is 3. The smallest absolute Gasteiger partial charge is 0.315 e. The molecule has 0 saturated carbocycles. The zero-order valence-corrected chi connectivity index (χ0v) is 17.1. The number of benzene rings is 2. The summed E-state index contributed by atoms with van der Waals surface area (Å²) >= 11 is 0. The number of nitriles is 1. The van der Waals surface area contributed by atoms with E-state index >= 15 is 0 Å². The summed E-state index contributed by atoms with van der Waals surface area (Å²) in [5.74, 6) is 0.720. The summed E-state index contributed by atoms with van der Waals surface area (Å²) < 4.78 is 10.9. The molecular weight excluding hydrogens is 384 g/mol. The number of unbranched alkanes of at least 4 members (excludes halogenated alkanes) is 1. The van der Waals surface area contributed by atoms with Crippen molar-refractivity contribution in [2.45, 2.75) is 26.7 Å². The number of aromatic nitrogens is 2. The van der Waals surface area contributed by atoms with E-state index in [-0.39, 0.29) is 22.8 Å². The van der Waals surface area contributed by atoms with Gasteiger partial charge >= 0.3 is 5.69 Å². The highest BCUT2D eigenvalue weighted by atomic mass is 16.6. The Morgan fingerprint density at radius 3 is 2.83 bits per heavy atom. The number of fused-ring (bicyclic) bond motifs is 1. The Labute approximate surface area is 173 Å². The number of methoxy groups -OCH3 is 1. The van der Waals surface area contributed by atoms with Gasteiger partial charge in [-0.25, -0.2) is 4.98 Å². The van der Waals surface area contributed by atoms with Gasteiger partial charge in [0.2, 0.25) is 5.75 Å². The third kappa shape index (κ3) is 4.41. The summed E-state index contributed by atoms with van der Waals surface area (Å²) in [6.07, 6.45) is 3.21.